The van der Waals surface area contributed by atoms with Crippen molar-refractivity contribution < 1.29 is 9.59 Å². The van der Waals surface area contributed by atoms with Crippen molar-refractivity contribution in [1.29, 1.82) is 0 Å². The van der Waals surface area contributed by atoms with Crippen LogP contribution < -0.4 is 10.2 Å². The number of rotatable bonds is 4. The van der Waals surface area contributed by atoms with Crippen molar-refractivity contribution in [3.63, 3.8) is 0 Å². The zero-order chi connectivity index (χ0) is 20.5. The van der Waals surface area contributed by atoms with E-state index in [1.54, 1.807) is 4.90 Å². The van der Waals surface area contributed by atoms with Gasteiger partial charge in [0, 0.05) is 22.8 Å². The largest absolute Gasteiger partial charge is 0.334 e. The predicted octanol–water partition coefficient (Wildman–Crippen LogP) is 4.02. The van der Waals surface area contributed by atoms with Crippen LogP contribution in [-0.2, 0) is 9.59 Å². The SMILES string of the molecule is Cc1ccc(NC(=O)CC2SC3=NCN(c4ccc(Cl)cc4)CN3C2=O)cc1C. The third-order valence-electron chi connectivity index (χ3n) is 5.06. The Bertz CT molecular complexity index is 993. The van der Waals surface area contributed by atoms with Crippen LogP contribution in [0.3, 0.4) is 0 Å². The lowest BCUT2D eigenvalue weighted by Crippen LogP contribution is -2.46. The molecule has 2 aromatic rings. The Balaban J connectivity index is 1.39. The summed E-state index contributed by atoms with van der Waals surface area (Å²) in [6, 6.07) is 13.2. The molecule has 4 rings (SSSR count). The maximum Gasteiger partial charge on any atom is 0.244 e. The Morgan fingerprint density at radius 1 is 1.21 bits per heavy atom. The second kappa shape index (κ2) is 8.08. The molecule has 0 aromatic heterocycles. The molecule has 8 heteroatoms. The van der Waals surface area contributed by atoms with E-state index in [1.165, 1.54) is 17.3 Å². The van der Waals surface area contributed by atoms with E-state index in [2.05, 4.69) is 10.3 Å². The molecule has 1 saturated heterocycles. The lowest BCUT2D eigenvalue weighted by atomic mass is 10.1. The summed E-state index contributed by atoms with van der Waals surface area (Å²) in [5.74, 6) is -0.253. The van der Waals surface area contributed by atoms with Gasteiger partial charge in [-0.3, -0.25) is 14.5 Å². The van der Waals surface area contributed by atoms with Crippen molar-refractivity contribution in [2.75, 3.05) is 23.6 Å². The van der Waals surface area contributed by atoms with Gasteiger partial charge in [0.05, 0.1) is 0 Å². The van der Waals surface area contributed by atoms with E-state index in [0.717, 1.165) is 16.9 Å². The Morgan fingerprint density at radius 3 is 2.69 bits per heavy atom. The minimum Gasteiger partial charge on any atom is -0.334 e. The number of aliphatic imine (C=N–C) groups is 1. The van der Waals surface area contributed by atoms with Gasteiger partial charge in [-0.1, -0.05) is 29.4 Å². The Kier molecular flexibility index (Phi) is 5.52. The Hall–Kier alpha value is -2.51. The fraction of sp³-hybridized carbons (Fsp3) is 0.286. The van der Waals surface area contributed by atoms with E-state index >= 15 is 0 Å². The number of thioether (sulfide) groups is 1. The first-order chi connectivity index (χ1) is 13.9. The van der Waals surface area contributed by atoms with E-state index in [0.29, 0.717) is 23.5 Å². The molecule has 150 valence electrons. The number of carbonyl (C=O) groups is 2. The molecule has 0 saturated carbocycles. The molecule has 0 aliphatic carbocycles. The van der Waals surface area contributed by atoms with E-state index in [-0.39, 0.29) is 18.2 Å². The number of nitrogens with zero attached hydrogens (tertiary/aromatic N) is 3. The highest BCUT2D eigenvalue weighted by Crippen LogP contribution is 2.33. The number of carbonyl (C=O) groups excluding carboxylic acids is 2. The van der Waals surface area contributed by atoms with Crippen LogP contribution >= 0.6 is 23.4 Å². The number of nitrogens with one attached hydrogen (secondary N) is 1. The average molecular weight is 429 g/mol. The van der Waals surface area contributed by atoms with E-state index < -0.39 is 5.25 Å². The molecule has 0 spiro atoms. The second-order valence-corrected chi connectivity index (χ2v) is 8.77. The first kappa shape index (κ1) is 19.8. The molecule has 1 unspecified atom stereocenters. The molecule has 2 aliphatic rings. The van der Waals surface area contributed by atoms with Gasteiger partial charge in [0.1, 0.15) is 18.6 Å². The van der Waals surface area contributed by atoms with Gasteiger partial charge in [-0.15, -0.1) is 0 Å². The van der Waals surface area contributed by atoms with Gasteiger partial charge in [-0.2, -0.15) is 0 Å². The maximum atomic E-state index is 12.9. The zero-order valence-corrected chi connectivity index (χ0v) is 17.8. The summed E-state index contributed by atoms with van der Waals surface area (Å²) in [5, 5.41) is 3.79. The van der Waals surface area contributed by atoms with Crippen molar-refractivity contribution in [3.05, 3.63) is 58.6 Å². The highest BCUT2D eigenvalue weighted by Gasteiger charge is 2.41. The quantitative estimate of drug-likeness (QED) is 0.798. The number of halogens is 1. The normalized spacial score (nSPS) is 18.5. The molecule has 1 fully saturated rings. The van der Waals surface area contributed by atoms with Gasteiger partial charge < -0.3 is 10.2 Å². The van der Waals surface area contributed by atoms with Gasteiger partial charge >= 0.3 is 0 Å². The monoisotopic (exact) mass is 428 g/mol. The molecule has 2 amide bonds. The number of fused-ring (bicyclic) bond motifs is 1. The molecule has 0 bridgehead atoms. The predicted molar refractivity (Wildman–Crippen MR) is 118 cm³/mol. The molecule has 2 aromatic carbocycles. The standard InChI is InChI=1S/C21H21ClN4O2S/c1-13-3-6-16(9-14(13)2)24-19(27)10-18-20(28)26-12-25(11-23-21(26)29-18)17-7-4-15(22)5-8-17/h3-9,18H,10-12H2,1-2H3,(H,24,27). The smallest absolute Gasteiger partial charge is 0.244 e. The van der Waals surface area contributed by atoms with Crippen LogP contribution in [0, 0.1) is 13.8 Å². The lowest BCUT2D eigenvalue weighted by molar-refractivity contribution is -0.128. The number of amidine groups is 1. The van der Waals surface area contributed by atoms with Crippen LogP contribution in [0.1, 0.15) is 17.5 Å². The highest BCUT2D eigenvalue weighted by molar-refractivity contribution is 8.15. The summed E-state index contributed by atoms with van der Waals surface area (Å²) in [4.78, 5) is 33.5. The van der Waals surface area contributed by atoms with Gasteiger partial charge in [0.25, 0.3) is 0 Å². The Morgan fingerprint density at radius 2 is 1.97 bits per heavy atom. The third-order valence-corrected chi connectivity index (χ3v) is 6.53. The fourth-order valence-corrected chi connectivity index (χ4v) is 4.52. The molecule has 1 N–H and O–H groups in total. The maximum absolute atomic E-state index is 12.9. The number of amides is 2. The number of hydrogen-bond acceptors (Lipinski definition) is 5. The molecule has 1 atom stereocenters. The molecule has 2 heterocycles. The van der Waals surface area contributed by atoms with Crippen LogP contribution in [-0.4, -0.2) is 40.5 Å². The van der Waals surface area contributed by atoms with Crippen molar-refractivity contribution >= 4 is 51.7 Å². The van der Waals surface area contributed by atoms with Crippen LogP contribution in [0.5, 0.6) is 0 Å². The number of anilines is 2. The second-order valence-electron chi connectivity index (χ2n) is 7.16. The third kappa shape index (κ3) is 4.26. The fourth-order valence-electron chi connectivity index (χ4n) is 3.27. The zero-order valence-electron chi connectivity index (χ0n) is 16.2. The molecule has 2 aliphatic heterocycles. The molecule has 0 radical (unpaired) electrons. The summed E-state index contributed by atoms with van der Waals surface area (Å²) in [5.41, 5.74) is 3.98. The van der Waals surface area contributed by atoms with Gasteiger partial charge in [-0.05, 0) is 61.4 Å². The number of benzene rings is 2. The van der Waals surface area contributed by atoms with Crippen LogP contribution in [0.15, 0.2) is 47.5 Å². The summed E-state index contributed by atoms with van der Waals surface area (Å²) in [6.07, 6.45) is 0.118. The first-order valence-electron chi connectivity index (χ1n) is 9.31. The van der Waals surface area contributed by atoms with Gasteiger partial charge in [-0.25, -0.2) is 4.99 Å². The Labute approximate surface area is 178 Å². The van der Waals surface area contributed by atoms with Crippen molar-refractivity contribution in [1.82, 2.24) is 4.90 Å². The number of hydrogen-bond donors (Lipinski definition) is 1. The first-order valence-corrected chi connectivity index (χ1v) is 10.6. The topological polar surface area (TPSA) is 65.0 Å². The van der Waals surface area contributed by atoms with Crippen molar-refractivity contribution in [2.24, 2.45) is 4.99 Å². The average Bonchev–Trinajstić information content (AvgIpc) is 3.00. The summed E-state index contributed by atoms with van der Waals surface area (Å²) < 4.78 is 0. The van der Waals surface area contributed by atoms with E-state index in [4.69, 9.17) is 11.6 Å². The lowest BCUT2D eigenvalue weighted by Gasteiger charge is -2.32. The van der Waals surface area contributed by atoms with Crippen LogP contribution in [0.2, 0.25) is 5.02 Å². The van der Waals surface area contributed by atoms with Gasteiger partial charge in [0.2, 0.25) is 11.8 Å². The van der Waals surface area contributed by atoms with Crippen molar-refractivity contribution in [3.8, 4) is 0 Å². The minimum atomic E-state index is -0.453. The van der Waals surface area contributed by atoms with E-state index in [9.17, 15) is 9.59 Å². The molecular formula is C21H21ClN4O2S. The minimum absolute atomic E-state index is 0.0809. The van der Waals surface area contributed by atoms with Gasteiger partial charge in [0.15, 0.2) is 5.17 Å². The van der Waals surface area contributed by atoms with Crippen LogP contribution in [0.4, 0.5) is 11.4 Å². The molecule has 6 nitrogen and oxygen atoms in total. The van der Waals surface area contributed by atoms with E-state index in [1.807, 2.05) is 61.2 Å². The van der Waals surface area contributed by atoms with Crippen molar-refractivity contribution in [2.45, 2.75) is 25.5 Å². The number of aryl methyl sites for hydroxylation is 2. The molecular weight excluding hydrogens is 408 g/mol. The highest BCUT2D eigenvalue weighted by atomic mass is 35.5. The van der Waals surface area contributed by atoms with Crippen LogP contribution in [0.25, 0.3) is 0 Å². The molecule has 29 heavy (non-hydrogen) atoms. The summed E-state index contributed by atoms with van der Waals surface area (Å²) in [7, 11) is 0. The summed E-state index contributed by atoms with van der Waals surface area (Å²) in [6.45, 7) is 4.92. The summed E-state index contributed by atoms with van der Waals surface area (Å²) >= 11 is 7.32.